The molecular weight excluding hydrogens is 729 g/mol. The summed E-state index contributed by atoms with van der Waals surface area (Å²) in [5.74, 6) is 2.54. The molecule has 3 heterocycles. The maximum atomic E-state index is 6.51. The summed E-state index contributed by atoms with van der Waals surface area (Å²) < 4.78 is 8.96. The van der Waals surface area contributed by atoms with Crippen LogP contribution in [0.15, 0.2) is 199 Å². The highest BCUT2D eigenvalue weighted by Gasteiger charge is 2.20. The van der Waals surface area contributed by atoms with Gasteiger partial charge in [0.1, 0.15) is 5.52 Å². The van der Waals surface area contributed by atoms with Crippen molar-refractivity contribution in [2.24, 2.45) is 0 Å². The van der Waals surface area contributed by atoms with Gasteiger partial charge in [0.2, 0.25) is 5.89 Å². The Labute approximate surface area is 338 Å². The van der Waals surface area contributed by atoms with E-state index in [0.29, 0.717) is 23.4 Å². The van der Waals surface area contributed by atoms with Crippen molar-refractivity contribution in [2.75, 3.05) is 0 Å². The molecular formula is C52H32N4OS. The van der Waals surface area contributed by atoms with Gasteiger partial charge in [0, 0.05) is 53.6 Å². The second kappa shape index (κ2) is 14.2. The maximum absolute atomic E-state index is 6.51. The SMILES string of the molecule is c1ccc(-c2nc(-c3ccccc3)nc(-c3ccc(-c4cccc5c4sc4c(-c6cccc7oc(-c8ccccc8-c8ccccc8)nc67)cccc45)cc3)n2)cc1. The van der Waals surface area contributed by atoms with Gasteiger partial charge >= 0.3 is 0 Å². The van der Waals surface area contributed by atoms with Crippen LogP contribution in [-0.2, 0) is 0 Å². The zero-order chi connectivity index (χ0) is 38.4. The molecule has 0 unspecified atom stereocenters. The van der Waals surface area contributed by atoms with Gasteiger partial charge in [-0.25, -0.2) is 19.9 Å². The van der Waals surface area contributed by atoms with Crippen LogP contribution < -0.4 is 0 Å². The first-order valence-corrected chi connectivity index (χ1v) is 20.0. The van der Waals surface area contributed by atoms with Crippen LogP contribution in [0.1, 0.15) is 0 Å². The molecule has 0 saturated carbocycles. The number of hydrogen-bond donors (Lipinski definition) is 0. The minimum atomic E-state index is 0.612. The number of benzene rings is 8. The van der Waals surface area contributed by atoms with Crippen molar-refractivity contribution in [3.63, 3.8) is 0 Å². The molecule has 58 heavy (non-hydrogen) atoms. The molecule has 11 rings (SSSR count). The van der Waals surface area contributed by atoms with E-state index in [-0.39, 0.29) is 0 Å². The second-order valence-corrected chi connectivity index (χ2v) is 15.2. The molecule has 0 aliphatic rings. The summed E-state index contributed by atoms with van der Waals surface area (Å²) >= 11 is 1.82. The molecule has 8 aromatic carbocycles. The van der Waals surface area contributed by atoms with Gasteiger partial charge in [-0.3, -0.25) is 0 Å². The summed E-state index contributed by atoms with van der Waals surface area (Å²) in [6.45, 7) is 0. The minimum Gasteiger partial charge on any atom is -0.436 e. The van der Waals surface area contributed by atoms with Gasteiger partial charge in [-0.05, 0) is 34.4 Å². The minimum absolute atomic E-state index is 0.612. The van der Waals surface area contributed by atoms with E-state index in [1.54, 1.807) is 0 Å². The Bertz CT molecular complexity index is 3210. The van der Waals surface area contributed by atoms with Crippen molar-refractivity contribution < 1.29 is 4.42 Å². The van der Waals surface area contributed by atoms with Crippen molar-refractivity contribution in [3.05, 3.63) is 194 Å². The highest BCUT2D eigenvalue weighted by molar-refractivity contribution is 7.26. The lowest BCUT2D eigenvalue weighted by atomic mass is 9.99. The van der Waals surface area contributed by atoms with Gasteiger partial charge in [0.05, 0.1) is 0 Å². The summed E-state index contributed by atoms with van der Waals surface area (Å²) in [7, 11) is 0. The number of nitrogens with zero attached hydrogens (tertiary/aromatic N) is 4. The van der Waals surface area contributed by atoms with Crippen LogP contribution in [0.3, 0.4) is 0 Å². The zero-order valence-electron chi connectivity index (χ0n) is 31.1. The fourth-order valence-electron chi connectivity index (χ4n) is 7.82. The summed E-state index contributed by atoms with van der Waals surface area (Å²) in [4.78, 5) is 19.9. The third-order valence-corrected chi connectivity index (χ3v) is 11.9. The van der Waals surface area contributed by atoms with E-state index in [1.807, 2.05) is 90.2 Å². The zero-order valence-corrected chi connectivity index (χ0v) is 31.9. The van der Waals surface area contributed by atoms with Crippen LogP contribution in [0.25, 0.3) is 110 Å². The first kappa shape index (κ1) is 33.8. The molecule has 5 nitrogen and oxygen atoms in total. The topological polar surface area (TPSA) is 64.7 Å². The monoisotopic (exact) mass is 760 g/mol. The van der Waals surface area contributed by atoms with E-state index in [1.165, 1.54) is 25.7 Å². The van der Waals surface area contributed by atoms with E-state index in [0.717, 1.165) is 61.2 Å². The third-order valence-electron chi connectivity index (χ3n) is 10.6. The molecule has 0 N–H and O–H groups in total. The average Bonchev–Trinajstić information content (AvgIpc) is 3.92. The fourth-order valence-corrected chi connectivity index (χ4v) is 9.18. The number of rotatable bonds is 7. The maximum Gasteiger partial charge on any atom is 0.227 e. The quantitative estimate of drug-likeness (QED) is 0.162. The summed E-state index contributed by atoms with van der Waals surface area (Å²) in [6, 6.07) is 66.8. The Morgan fingerprint density at radius 1 is 0.310 bits per heavy atom. The first-order valence-electron chi connectivity index (χ1n) is 19.2. The van der Waals surface area contributed by atoms with Gasteiger partial charge in [0.25, 0.3) is 0 Å². The number of thiophene rings is 1. The van der Waals surface area contributed by atoms with Gasteiger partial charge in [-0.1, -0.05) is 182 Å². The normalized spacial score (nSPS) is 11.4. The lowest BCUT2D eigenvalue weighted by Crippen LogP contribution is -2.00. The Kier molecular flexibility index (Phi) is 8.26. The van der Waals surface area contributed by atoms with Gasteiger partial charge < -0.3 is 4.42 Å². The standard InChI is InChI=1S/C52H32N4OS/c1-4-15-33(16-5-1)38-21-10-11-22-44(38)52-53-46-40(24-14-28-45(46)57-52)41-25-13-27-43-42-26-12-23-39(47(42)58-48(41)43)34-29-31-37(32-30-34)51-55-49(35-17-6-2-7-18-35)54-50(56-51)36-19-8-3-9-20-36/h1-32H. The number of aromatic nitrogens is 4. The molecule has 0 radical (unpaired) electrons. The molecule has 0 aliphatic heterocycles. The molecule has 0 saturated heterocycles. The van der Waals surface area contributed by atoms with Crippen LogP contribution in [0.4, 0.5) is 0 Å². The molecule has 0 amide bonds. The van der Waals surface area contributed by atoms with Crippen LogP contribution >= 0.6 is 11.3 Å². The lowest BCUT2D eigenvalue weighted by Gasteiger charge is -2.09. The number of para-hydroxylation sites is 1. The van der Waals surface area contributed by atoms with E-state index >= 15 is 0 Å². The number of oxazole rings is 1. The van der Waals surface area contributed by atoms with Crippen molar-refractivity contribution in [3.8, 4) is 79.0 Å². The highest BCUT2D eigenvalue weighted by Crippen LogP contribution is 2.45. The number of hydrogen-bond acceptors (Lipinski definition) is 6. The van der Waals surface area contributed by atoms with Crippen molar-refractivity contribution >= 4 is 42.6 Å². The Morgan fingerprint density at radius 3 is 1.36 bits per heavy atom. The van der Waals surface area contributed by atoms with Gasteiger partial charge in [0.15, 0.2) is 23.1 Å². The number of fused-ring (bicyclic) bond motifs is 4. The molecule has 0 atom stereocenters. The first-order chi connectivity index (χ1) is 28.7. The molecule has 0 aliphatic carbocycles. The molecule has 272 valence electrons. The fraction of sp³-hybridized carbons (Fsp3) is 0. The van der Waals surface area contributed by atoms with E-state index in [2.05, 4.69) is 115 Å². The second-order valence-electron chi connectivity index (χ2n) is 14.2. The molecule has 0 spiro atoms. The molecule has 3 aromatic heterocycles. The summed E-state index contributed by atoms with van der Waals surface area (Å²) in [6.07, 6.45) is 0. The predicted octanol–water partition coefficient (Wildman–Crippen LogP) is 14.0. The predicted molar refractivity (Wildman–Crippen MR) is 238 cm³/mol. The Morgan fingerprint density at radius 2 is 0.741 bits per heavy atom. The van der Waals surface area contributed by atoms with Crippen LogP contribution in [-0.4, -0.2) is 19.9 Å². The Hall–Kier alpha value is -7.54. The smallest absolute Gasteiger partial charge is 0.227 e. The van der Waals surface area contributed by atoms with Crippen molar-refractivity contribution in [2.45, 2.75) is 0 Å². The highest BCUT2D eigenvalue weighted by atomic mass is 32.1. The molecule has 6 heteroatoms. The molecule has 0 fully saturated rings. The van der Waals surface area contributed by atoms with Gasteiger partial charge in [-0.15, -0.1) is 11.3 Å². The van der Waals surface area contributed by atoms with Crippen molar-refractivity contribution in [1.82, 2.24) is 19.9 Å². The Balaban J connectivity index is 0.991. The van der Waals surface area contributed by atoms with Crippen LogP contribution in [0.2, 0.25) is 0 Å². The molecule has 0 bridgehead atoms. The summed E-state index contributed by atoms with van der Waals surface area (Å²) in [5.41, 5.74) is 12.1. The van der Waals surface area contributed by atoms with Crippen LogP contribution in [0, 0.1) is 0 Å². The summed E-state index contributed by atoms with van der Waals surface area (Å²) in [5, 5.41) is 2.45. The van der Waals surface area contributed by atoms with Gasteiger partial charge in [-0.2, -0.15) is 0 Å². The van der Waals surface area contributed by atoms with Crippen LogP contribution in [0.5, 0.6) is 0 Å². The largest absolute Gasteiger partial charge is 0.436 e. The average molecular weight is 761 g/mol. The van der Waals surface area contributed by atoms with E-state index in [4.69, 9.17) is 24.4 Å². The van der Waals surface area contributed by atoms with Crippen molar-refractivity contribution in [1.29, 1.82) is 0 Å². The lowest BCUT2D eigenvalue weighted by molar-refractivity contribution is 0.620. The van der Waals surface area contributed by atoms with E-state index in [9.17, 15) is 0 Å². The molecule has 11 aromatic rings. The third kappa shape index (κ3) is 5.95. The van der Waals surface area contributed by atoms with E-state index < -0.39 is 0 Å².